The number of aliphatic hydroxyl groups is 1. The molecule has 0 aliphatic rings. The Morgan fingerprint density at radius 3 is 1.93 bits per heavy atom. The number of ether oxygens (including phenoxy) is 1. The fourth-order valence-electron chi connectivity index (χ4n) is 3.93. The van der Waals surface area contributed by atoms with Gasteiger partial charge in [0.2, 0.25) is 10.0 Å². The Labute approximate surface area is 249 Å². The van der Waals surface area contributed by atoms with E-state index in [1.807, 2.05) is 74.5 Å². The first-order valence-corrected chi connectivity index (χ1v) is 15.1. The zero-order valence-corrected chi connectivity index (χ0v) is 25.5. The maximum Gasteiger partial charge on any atom is 0.407 e. The highest BCUT2D eigenvalue weighted by Gasteiger charge is 2.31. The topological polar surface area (TPSA) is 146 Å². The van der Waals surface area contributed by atoms with Gasteiger partial charge in [-0.3, -0.25) is 4.99 Å². The molecule has 0 aromatic heterocycles. The van der Waals surface area contributed by atoms with Crippen LogP contribution >= 0.6 is 0 Å². The van der Waals surface area contributed by atoms with Gasteiger partial charge < -0.3 is 26.2 Å². The molecule has 0 fully saturated rings. The van der Waals surface area contributed by atoms with Gasteiger partial charge >= 0.3 is 6.09 Å². The van der Waals surface area contributed by atoms with Gasteiger partial charge in [-0.15, -0.1) is 0 Å². The molecule has 0 unspecified atom stereocenters. The molecule has 0 spiro atoms. The Kier molecular flexibility index (Phi) is 14.5. The smallest absolute Gasteiger partial charge is 0.407 e. The van der Waals surface area contributed by atoms with Gasteiger partial charge in [-0.05, 0) is 35.6 Å². The number of sulfonamides is 1. The van der Waals surface area contributed by atoms with Crippen LogP contribution in [0.2, 0.25) is 0 Å². The van der Waals surface area contributed by atoms with Gasteiger partial charge in [-0.1, -0.05) is 92.7 Å². The van der Waals surface area contributed by atoms with Crippen LogP contribution < -0.4 is 16.4 Å². The molecule has 3 aromatic carbocycles. The number of nitrogens with two attached hydrogens (primary N) is 1. The first-order valence-electron chi connectivity index (χ1n) is 13.7. The zero-order valence-electron chi connectivity index (χ0n) is 24.7. The summed E-state index contributed by atoms with van der Waals surface area (Å²) >= 11 is 0. The number of carbonyl (C=O) groups is 1. The molecule has 0 saturated heterocycles. The molecule has 0 aliphatic heterocycles. The van der Waals surface area contributed by atoms with Gasteiger partial charge in [0.25, 0.3) is 0 Å². The van der Waals surface area contributed by atoms with Crippen molar-refractivity contribution in [1.29, 1.82) is 0 Å². The number of nitrogens with zero attached hydrogens (tertiary/aromatic N) is 2. The second-order valence-electron chi connectivity index (χ2n) is 9.96. The van der Waals surface area contributed by atoms with Crippen LogP contribution in [0.4, 0.5) is 4.79 Å². The van der Waals surface area contributed by atoms with E-state index in [1.165, 1.54) is 16.4 Å². The standard InChI is InChI=1S/C28H34N2O5S.C3H9N3/c1-22(2)19-30(36(33,34)25-16-10-5-11-17-25)20-27(31)26(18-23-12-6-3-7-13-23)29-28(32)35-21-24-14-8-4-9-15-24;1-5-3(4)6-2/h3-17,22,26-27,31H,18-21H2,1-2H3,(H,29,32);1-2H3,(H3,4,5,6)/t26-,27+;/m0./s1. The Balaban J connectivity index is 0.000000928. The lowest BCUT2D eigenvalue weighted by molar-refractivity contribution is 0.0873. The molecule has 2 atom stereocenters. The summed E-state index contributed by atoms with van der Waals surface area (Å²) in [5.74, 6) is 0.502. The lowest BCUT2D eigenvalue weighted by Crippen LogP contribution is -2.51. The van der Waals surface area contributed by atoms with Gasteiger partial charge in [0, 0.05) is 27.2 Å². The summed E-state index contributed by atoms with van der Waals surface area (Å²) in [4.78, 5) is 16.4. The molecule has 0 saturated carbocycles. The molecule has 0 radical (unpaired) electrons. The molecule has 0 aliphatic carbocycles. The molecule has 0 heterocycles. The summed E-state index contributed by atoms with van der Waals surface area (Å²) in [6.45, 7) is 3.97. The second-order valence-corrected chi connectivity index (χ2v) is 11.9. The number of aliphatic hydroxyl groups excluding tert-OH is 1. The fourth-order valence-corrected chi connectivity index (χ4v) is 5.58. The minimum absolute atomic E-state index is 0.0343. The third-order valence-electron chi connectivity index (χ3n) is 6.12. The summed E-state index contributed by atoms with van der Waals surface area (Å²) in [5.41, 5.74) is 6.84. The van der Waals surface area contributed by atoms with Crippen molar-refractivity contribution in [3.8, 4) is 0 Å². The van der Waals surface area contributed by atoms with Crippen LogP contribution in [0.15, 0.2) is 101 Å². The van der Waals surface area contributed by atoms with Gasteiger partial charge in [0.05, 0.1) is 17.0 Å². The monoisotopic (exact) mass is 597 g/mol. The predicted molar refractivity (Wildman–Crippen MR) is 166 cm³/mol. The number of rotatable bonds is 12. The van der Waals surface area contributed by atoms with Crippen molar-refractivity contribution in [1.82, 2.24) is 14.9 Å². The maximum absolute atomic E-state index is 13.4. The average Bonchev–Trinajstić information content (AvgIpc) is 3.00. The van der Waals surface area contributed by atoms with Gasteiger partial charge in [0.15, 0.2) is 5.96 Å². The Morgan fingerprint density at radius 2 is 1.45 bits per heavy atom. The van der Waals surface area contributed by atoms with Gasteiger partial charge in [0.1, 0.15) is 6.61 Å². The highest BCUT2D eigenvalue weighted by molar-refractivity contribution is 7.89. The molecule has 11 heteroatoms. The summed E-state index contributed by atoms with van der Waals surface area (Å²) in [6, 6.07) is 26.1. The van der Waals surface area contributed by atoms with Gasteiger partial charge in [-0.2, -0.15) is 4.31 Å². The molecule has 42 heavy (non-hydrogen) atoms. The van der Waals surface area contributed by atoms with E-state index in [4.69, 9.17) is 10.5 Å². The van der Waals surface area contributed by atoms with Crippen molar-refractivity contribution in [2.24, 2.45) is 16.6 Å². The Hall–Kier alpha value is -3.93. The molecule has 1 amide bonds. The zero-order chi connectivity index (χ0) is 31.0. The number of hydrogen-bond acceptors (Lipinski definition) is 6. The quantitative estimate of drug-likeness (QED) is 0.185. The molecular weight excluding hydrogens is 554 g/mol. The number of aliphatic imine (C=N–C) groups is 1. The normalized spacial score (nSPS) is 13.1. The van der Waals surface area contributed by atoms with Crippen LogP contribution in [0, 0.1) is 5.92 Å². The van der Waals surface area contributed by atoms with Crippen molar-refractivity contribution in [2.45, 2.75) is 43.9 Å². The van der Waals surface area contributed by atoms with E-state index in [-0.39, 0.29) is 30.5 Å². The van der Waals surface area contributed by atoms with Crippen LogP contribution in [-0.2, 0) is 27.8 Å². The van der Waals surface area contributed by atoms with E-state index in [1.54, 1.807) is 32.3 Å². The Morgan fingerprint density at radius 1 is 0.929 bits per heavy atom. The highest BCUT2D eigenvalue weighted by atomic mass is 32.2. The second kappa shape index (κ2) is 17.8. The minimum atomic E-state index is -3.84. The van der Waals surface area contributed by atoms with E-state index in [0.29, 0.717) is 12.4 Å². The third-order valence-corrected chi connectivity index (χ3v) is 7.96. The number of guanidine groups is 1. The van der Waals surface area contributed by atoms with Crippen LogP contribution in [0.5, 0.6) is 0 Å². The summed E-state index contributed by atoms with van der Waals surface area (Å²) < 4.78 is 33.4. The molecule has 3 aromatic rings. The number of carbonyl (C=O) groups excluding carboxylic acids is 1. The van der Waals surface area contributed by atoms with Crippen LogP contribution in [0.3, 0.4) is 0 Å². The number of amides is 1. The van der Waals surface area contributed by atoms with E-state index in [0.717, 1.165) is 11.1 Å². The van der Waals surface area contributed by atoms with Crippen molar-refractivity contribution in [3.05, 3.63) is 102 Å². The molecule has 228 valence electrons. The van der Waals surface area contributed by atoms with E-state index >= 15 is 0 Å². The van der Waals surface area contributed by atoms with E-state index < -0.39 is 28.3 Å². The molecule has 10 nitrogen and oxygen atoms in total. The fraction of sp³-hybridized carbons (Fsp3) is 0.355. The molecule has 3 rings (SSSR count). The summed E-state index contributed by atoms with van der Waals surface area (Å²) in [7, 11) is -0.488. The maximum atomic E-state index is 13.4. The number of alkyl carbamates (subject to hydrolysis) is 1. The van der Waals surface area contributed by atoms with Crippen LogP contribution in [0.25, 0.3) is 0 Å². The molecule has 5 N–H and O–H groups in total. The highest BCUT2D eigenvalue weighted by Crippen LogP contribution is 2.19. The first kappa shape index (κ1) is 34.3. The van der Waals surface area contributed by atoms with E-state index in [9.17, 15) is 18.3 Å². The number of nitrogens with one attached hydrogen (secondary N) is 2. The predicted octanol–water partition coefficient (Wildman–Crippen LogP) is 3.38. The molecule has 0 bridgehead atoms. The van der Waals surface area contributed by atoms with Crippen molar-refractivity contribution >= 4 is 22.1 Å². The minimum Gasteiger partial charge on any atom is -0.445 e. The lowest BCUT2D eigenvalue weighted by atomic mass is 10.0. The molecular formula is C31H43N5O5S. The van der Waals surface area contributed by atoms with Gasteiger partial charge in [-0.25, -0.2) is 13.2 Å². The summed E-state index contributed by atoms with van der Waals surface area (Å²) in [6.07, 6.45) is -1.55. The van der Waals surface area contributed by atoms with Crippen molar-refractivity contribution < 1.29 is 23.1 Å². The van der Waals surface area contributed by atoms with E-state index in [2.05, 4.69) is 15.6 Å². The SMILES string of the molecule is CC(C)CN(C[C@@H](O)[C@H](Cc1ccccc1)NC(=O)OCc1ccccc1)S(=O)(=O)c1ccccc1.CN=C(N)NC. The largest absolute Gasteiger partial charge is 0.445 e. The first-order chi connectivity index (χ1) is 20.1. The van der Waals surface area contributed by atoms with Crippen LogP contribution in [0.1, 0.15) is 25.0 Å². The van der Waals surface area contributed by atoms with Crippen molar-refractivity contribution in [3.63, 3.8) is 0 Å². The lowest BCUT2D eigenvalue weighted by Gasteiger charge is -2.30. The Bertz CT molecular complexity index is 1320. The third kappa shape index (κ3) is 11.9. The number of hydrogen-bond donors (Lipinski definition) is 4. The van der Waals surface area contributed by atoms with Crippen molar-refractivity contribution in [2.75, 3.05) is 27.2 Å². The summed E-state index contributed by atoms with van der Waals surface area (Å²) in [5, 5.41) is 16.6. The average molecular weight is 598 g/mol. The van der Waals surface area contributed by atoms with Crippen LogP contribution in [-0.4, -0.2) is 69.2 Å². The number of benzene rings is 3.